The summed E-state index contributed by atoms with van der Waals surface area (Å²) in [5.74, 6) is -0.240. The average molecular weight is 252 g/mol. The Morgan fingerprint density at radius 3 is 2.72 bits per heavy atom. The van der Waals surface area contributed by atoms with E-state index < -0.39 is 6.36 Å². The molecule has 2 rings (SSSR count). The standard InChI is InChI=1S/C13H9F3NO/c14-13(15,16)18-12-7-2-1-5-10(12)9-11-6-3-4-8-17-11/h1,3-8H,9H2. The van der Waals surface area contributed by atoms with Crippen LogP contribution in [0.5, 0.6) is 5.75 Å². The van der Waals surface area contributed by atoms with Gasteiger partial charge in [0.15, 0.2) is 0 Å². The molecule has 1 radical (unpaired) electrons. The van der Waals surface area contributed by atoms with Crippen LogP contribution in [-0.2, 0) is 6.42 Å². The minimum atomic E-state index is -4.70. The second kappa shape index (κ2) is 5.08. The lowest BCUT2D eigenvalue weighted by Gasteiger charge is -2.12. The molecule has 1 aromatic heterocycles. The van der Waals surface area contributed by atoms with E-state index in [9.17, 15) is 13.2 Å². The number of nitrogens with zero attached hydrogens (tertiary/aromatic N) is 1. The summed E-state index contributed by atoms with van der Waals surface area (Å²) in [7, 11) is 0. The van der Waals surface area contributed by atoms with Crippen molar-refractivity contribution in [1.29, 1.82) is 0 Å². The molecule has 0 fully saturated rings. The van der Waals surface area contributed by atoms with Crippen LogP contribution in [-0.4, -0.2) is 11.3 Å². The molecule has 0 aliphatic heterocycles. The summed E-state index contributed by atoms with van der Waals surface area (Å²) in [4.78, 5) is 4.06. The number of alkyl halides is 3. The summed E-state index contributed by atoms with van der Waals surface area (Å²) in [6, 6.07) is 12.1. The number of halogens is 3. The fourth-order valence-electron chi connectivity index (χ4n) is 1.51. The summed E-state index contributed by atoms with van der Waals surface area (Å²) in [5, 5.41) is 0. The maximum absolute atomic E-state index is 12.2. The van der Waals surface area contributed by atoms with Crippen LogP contribution in [0.1, 0.15) is 11.3 Å². The first-order valence-electron chi connectivity index (χ1n) is 5.19. The highest BCUT2D eigenvalue weighted by Crippen LogP contribution is 2.27. The molecule has 0 atom stereocenters. The van der Waals surface area contributed by atoms with Gasteiger partial charge in [0.05, 0.1) is 0 Å². The van der Waals surface area contributed by atoms with Crippen LogP contribution in [0.2, 0.25) is 0 Å². The van der Waals surface area contributed by atoms with E-state index in [0.717, 1.165) is 0 Å². The van der Waals surface area contributed by atoms with Gasteiger partial charge in [-0.25, -0.2) is 0 Å². The van der Waals surface area contributed by atoms with E-state index in [1.165, 1.54) is 12.1 Å². The van der Waals surface area contributed by atoms with E-state index in [1.54, 1.807) is 30.5 Å². The second-order valence-corrected chi connectivity index (χ2v) is 3.58. The van der Waals surface area contributed by atoms with Crippen LogP contribution in [0.3, 0.4) is 0 Å². The molecule has 1 aromatic carbocycles. The largest absolute Gasteiger partial charge is 0.573 e. The molecular weight excluding hydrogens is 243 g/mol. The second-order valence-electron chi connectivity index (χ2n) is 3.58. The Balaban J connectivity index is 2.23. The molecule has 18 heavy (non-hydrogen) atoms. The summed E-state index contributed by atoms with van der Waals surface area (Å²) < 4.78 is 40.6. The number of benzene rings is 1. The van der Waals surface area contributed by atoms with Crippen molar-refractivity contribution in [2.45, 2.75) is 12.8 Å². The van der Waals surface area contributed by atoms with Crippen molar-refractivity contribution in [3.63, 3.8) is 0 Å². The van der Waals surface area contributed by atoms with Gasteiger partial charge in [-0.2, -0.15) is 0 Å². The van der Waals surface area contributed by atoms with Crippen molar-refractivity contribution in [2.75, 3.05) is 0 Å². The summed E-state index contributed by atoms with van der Waals surface area (Å²) in [5.41, 5.74) is 1.10. The summed E-state index contributed by atoms with van der Waals surface area (Å²) in [6.45, 7) is 0. The third-order valence-corrected chi connectivity index (χ3v) is 2.24. The van der Waals surface area contributed by atoms with Gasteiger partial charge in [0, 0.05) is 23.9 Å². The lowest BCUT2D eigenvalue weighted by atomic mass is 10.1. The van der Waals surface area contributed by atoms with Gasteiger partial charge in [-0.1, -0.05) is 18.2 Å². The molecule has 0 N–H and O–H groups in total. The van der Waals surface area contributed by atoms with Gasteiger partial charge in [-0.15, -0.1) is 13.2 Å². The van der Waals surface area contributed by atoms with Crippen LogP contribution < -0.4 is 4.74 Å². The fourth-order valence-corrected chi connectivity index (χ4v) is 1.51. The molecule has 0 bridgehead atoms. The Labute approximate surface area is 102 Å². The van der Waals surface area contributed by atoms with Crippen LogP contribution in [0, 0.1) is 6.07 Å². The minimum Gasteiger partial charge on any atom is -0.405 e. The van der Waals surface area contributed by atoms with E-state index in [-0.39, 0.29) is 12.2 Å². The first kappa shape index (κ1) is 12.4. The molecule has 93 valence electrons. The van der Waals surface area contributed by atoms with Crippen LogP contribution >= 0.6 is 0 Å². The van der Waals surface area contributed by atoms with E-state index >= 15 is 0 Å². The maximum Gasteiger partial charge on any atom is 0.573 e. The zero-order chi connectivity index (χ0) is 13.0. The number of ether oxygens (including phenoxy) is 1. The van der Waals surface area contributed by atoms with Gasteiger partial charge in [-0.3, -0.25) is 4.98 Å². The Hall–Kier alpha value is -2.04. The third-order valence-electron chi connectivity index (χ3n) is 2.24. The lowest BCUT2D eigenvalue weighted by Crippen LogP contribution is -2.18. The monoisotopic (exact) mass is 252 g/mol. The first-order chi connectivity index (χ1) is 8.54. The Morgan fingerprint density at radius 1 is 1.22 bits per heavy atom. The third kappa shape index (κ3) is 3.48. The fraction of sp³-hybridized carbons (Fsp3) is 0.154. The van der Waals surface area contributed by atoms with E-state index in [0.29, 0.717) is 11.3 Å². The summed E-state index contributed by atoms with van der Waals surface area (Å²) >= 11 is 0. The predicted octanol–water partition coefficient (Wildman–Crippen LogP) is 3.37. The zero-order valence-electron chi connectivity index (χ0n) is 9.24. The predicted molar refractivity (Wildman–Crippen MR) is 59.0 cm³/mol. The molecule has 1 heterocycles. The van der Waals surface area contributed by atoms with Crippen LogP contribution in [0.4, 0.5) is 13.2 Å². The quantitative estimate of drug-likeness (QED) is 0.835. The zero-order valence-corrected chi connectivity index (χ0v) is 9.24. The normalized spacial score (nSPS) is 11.3. The molecule has 2 nitrogen and oxygen atoms in total. The lowest BCUT2D eigenvalue weighted by molar-refractivity contribution is -0.274. The molecule has 0 saturated heterocycles. The van der Waals surface area contributed by atoms with Crippen molar-refractivity contribution in [3.8, 4) is 5.75 Å². The molecule has 0 saturated carbocycles. The van der Waals surface area contributed by atoms with Gasteiger partial charge in [0.25, 0.3) is 0 Å². The van der Waals surface area contributed by atoms with Crippen LogP contribution in [0.15, 0.2) is 42.6 Å². The van der Waals surface area contributed by atoms with Crippen molar-refractivity contribution < 1.29 is 17.9 Å². The number of pyridine rings is 1. The smallest absolute Gasteiger partial charge is 0.405 e. The van der Waals surface area contributed by atoms with Gasteiger partial charge < -0.3 is 4.74 Å². The highest BCUT2D eigenvalue weighted by molar-refractivity contribution is 5.35. The van der Waals surface area contributed by atoms with E-state index in [1.807, 2.05) is 0 Å². The maximum atomic E-state index is 12.2. The summed E-state index contributed by atoms with van der Waals surface area (Å²) in [6.07, 6.45) is -2.83. The van der Waals surface area contributed by atoms with Gasteiger partial charge in [0.2, 0.25) is 0 Å². The van der Waals surface area contributed by atoms with Gasteiger partial charge in [-0.05, 0) is 24.3 Å². The molecule has 0 aliphatic rings. The Kier molecular flexibility index (Phi) is 3.50. The topological polar surface area (TPSA) is 22.1 Å². The van der Waals surface area contributed by atoms with Crippen molar-refractivity contribution in [2.24, 2.45) is 0 Å². The highest BCUT2D eigenvalue weighted by Gasteiger charge is 2.31. The number of rotatable bonds is 3. The van der Waals surface area contributed by atoms with E-state index in [4.69, 9.17) is 0 Å². The van der Waals surface area contributed by atoms with Gasteiger partial charge >= 0.3 is 6.36 Å². The van der Waals surface area contributed by atoms with Crippen molar-refractivity contribution in [3.05, 3.63) is 59.9 Å². The number of aromatic nitrogens is 1. The molecule has 0 amide bonds. The molecule has 0 aliphatic carbocycles. The van der Waals surface area contributed by atoms with E-state index in [2.05, 4.69) is 15.8 Å². The molecular formula is C13H9F3NO. The van der Waals surface area contributed by atoms with Crippen molar-refractivity contribution in [1.82, 2.24) is 4.98 Å². The van der Waals surface area contributed by atoms with Gasteiger partial charge in [0.1, 0.15) is 5.75 Å². The first-order valence-corrected chi connectivity index (χ1v) is 5.19. The minimum absolute atomic E-state index is 0.240. The molecule has 5 heteroatoms. The number of hydrogen-bond acceptors (Lipinski definition) is 2. The molecule has 0 unspecified atom stereocenters. The SMILES string of the molecule is FC(F)(F)Oc1c[c]ccc1Cc1ccccn1. The molecule has 2 aromatic rings. The average Bonchev–Trinajstić information content (AvgIpc) is 2.31. The Morgan fingerprint density at radius 2 is 2.06 bits per heavy atom. The van der Waals surface area contributed by atoms with Crippen molar-refractivity contribution >= 4 is 0 Å². The van der Waals surface area contributed by atoms with Crippen LogP contribution in [0.25, 0.3) is 0 Å². The highest BCUT2D eigenvalue weighted by atomic mass is 19.4. The number of hydrogen-bond donors (Lipinski definition) is 0. The Bertz CT molecular complexity index is 511. The molecule has 0 spiro atoms.